The topological polar surface area (TPSA) is 77.4 Å². The van der Waals surface area contributed by atoms with Crippen molar-refractivity contribution in [2.45, 2.75) is 12.3 Å². The van der Waals surface area contributed by atoms with E-state index in [2.05, 4.69) is 128 Å². The van der Waals surface area contributed by atoms with Gasteiger partial charge in [-0.25, -0.2) is 0 Å². The van der Waals surface area contributed by atoms with Gasteiger partial charge in [0.2, 0.25) is 0 Å². The maximum absolute atomic E-state index is 9.73. The van der Waals surface area contributed by atoms with E-state index in [9.17, 15) is 10.2 Å². The Balaban J connectivity index is 1.26. The number of hydrogen-bond acceptors (Lipinski definition) is 6. The minimum absolute atomic E-state index is 0.187. The summed E-state index contributed by atoms with van der Waals surface area (Å²) in [7, 11) is 0. The summed E-state index contributed by atoms with van der Waals surface area (Å²) in [6.07, 6.45) is 0. The van der Waals surface area contributed by atoms with Crippen molar-refractivity contribution in [1.82, 2.24) is 0 Å². The van der Waals surface area contributed by atoms with Crippen LogP contribution in [0.25, 0.3) is 32.7 Å². The van der Waals surface area contributed by atoms with Gasteiger partial charge in [-0.2, -0.15) is 0 Å². The van der Waals surface area contributed by atoms with Crippen LogP contribution in [0, 0.1) is 0 Å². The van der Waals surface area contributed by atoms with Gasteiger partial charge in [-0.1, -0.05) is 115 Å². The molecule has 0 aromatic heterocycles. The molecule has 0 aliphatic carbocycles. The Kier molecular flexibility index (Phi) is 10.4. The van der Waals surface area contributed by atoms with Crippen molar-refractivity contribution in [2.24, 2.45) is 0 Å². The van der Waals surface area contributed by atoms with Crippen molar-refractivity contribution in [3.8, 4) is 45.6 Å². The molecule has 0 atom stereocenters. The fourth-order valence-electron chi connectivity index (χ4n) is 7.52. The molecule has 0 fully saturated rings. The summed E-state index contributed by atoms with van der Waals surface area (Å²) in [5.41, 5.74) is 4.55. The Morgan fingerprint density at radius 1 is 0.393 bits per heavy atom. The molecule has 2 N–H and O–H groups in total. The molecule has 0 aliphatic rings. The van der Waals surface area contributed by atoms with Gasteiger partial charge in [0.25, 0.3) is 0 Å². The van der Waals surface area contributed by atoms with Crippen molar-refractivity contribution in [1.29, 1.82) is 0 Å². The highest BCUT2D eigenvalue weighted by Gasteiger charge is 2.39. The van der Waals surface area contributed by atoms with Crippen LogP contribution in [0.1, 0.15) is 23.6 Å². The number of ether oxygens (including phenoxy) is 4. The second-order valence-electron chi connectivity index (χ2n) is 13.8. The quantitative estimate of drug-likeness (QED) is 0.0854. The lowest BCUT2D eigenvalue weighted by Crippen LogP contribution is -2.28. The number of aromatic hydroxyl groups is 2. The maximum atomic E-state index is 9.73. The van der Waals surface area contributed by atoms with Crippen LogP contribution in [0.15, 0.2) is 176 Å². The molecule has 0 radical (unpaired) electrons. The predicted octanol–water partition coefficient (Wildman–Crippen LogP) is 11.3. The molecule has 8 rings (SSSR count). The predicted molar refractivity (Wildman–Crippen MR) is 224 cm³/mol. The summed E-state index contributed by atoms with van der Waals surface area (Å²) < 4.78 is 25.5. The monoisotopic (exact) mass is 738 g/mol. The molecule has 8 aromatic carbocycles. The van der Waals surface area contributed by atoms with Crippen LogP contribution < -0.4 is 18.9 Å². The Morgan fingerprint density at radius 3 is 1.29 bits per heavy atom. The van der Waals surface area contributed by atoms with Crippen molar-refractivity contribution in [2.75, 3.05) is 26.4 Å². The lowest BCUT2D eigenvalue weighted by Gasteiger charge is -2.36. The van der Waals surface area contributed by atoms with E-state index < -0.39 is 5.41 Å². The largest absolute Gasteiger partial charge is 0.508 e. The van der Waals surface area contributed by atoms with E-state index >= 15 is 0 Å². The summed E-state index contributed by atoms with van der Waals surface area (Å²) in [6.45, 7) is 3.48. The van der Waals surface area contributed by atoms with Gasteiger partial charge in [0.15, 0.2) is 0 Å². The fourth-order valence-corrected chi connectivity index (χ4v) is 7.52. The van der Waals surface area contributed by atoms with Gasteiger partial charge >= 0.3 is 0 Å². The molecule has 8 aromatic rings. The normalized spacial score (nSPS) is 11.4. The summed E-state index contributed by atoms with van der Waals surface area (Å²) in [5, 5.41) is 23.8. The van der Waals surface area contributed by atoms with E-state index in [4.69, 9.17) is 18.9 Å². The molecule has 0 saturated carbocycles. The minimum Gasteiger partial charge on any atom is -0.508 e. The second kappa shape index (κ2) is 16.2. The van der Waals surface area contributed by atoms with Crippen LogP contribution in [0.4, 0.5) is 0 Å². The molecule has 0 amide bonds. The lowest BCUT2D eigenvalue weighted by atomic mass is 9.67. The third-order valence-electron chi connectivity index (χ3n) is 10.2. The fraction of sp³-hybridized carbons (Fsp3) is 0.120. The summed E-state index contributed by atoms with van der Waals surface area (Å²) in [4.78, 5) is 0. The summed E-state index contributed by atoms with van der Waals surface area (Å²) in [5.74, 6) is 3.16. The Hall–Kier alpha value is -6.92. The van der Waals surface area contributed by atoms with Crippen molar-refractivity contribution in [3.05, 3.63) is 193 Å². The summed E-state index contributed by atoms with van der Waals surface area (Å²) >= 11 is 0. The first-order valence-electron chi connectivity index (χ1n) is 18.8. The van der Waals surface area contributed by atoms with E-state index in [1.807, 2.05) is 6.07 Å². The minimum atomic E-state index is -0.808. The number of fused-ring (bicyclic) bond motifs is 2. The molecule has 278 valence electrons. The lowest BCUT2D eigenvalue weighted by molar-refractivity contribution is 0.212. The highest BCUT2D eigenvalue weighted by atomic mass is 16.5. The average Bonchev–Trinajstić information content (AvgIpc) is 3.25. The highest BCUT2D eigenvalue weighted by molar-refractivity contribution is 5.95. The van der Waals surface area contributed by atoms with E-state index in [1.165, 1.54) is 0 Å². The SMILES string of the molecule is CC(c1ccc(-c2ccccc2)cc1)(c1c(OCCOc2ccc(O)cc2)ccc2ccccc12)c1c(OCCOc2ccc(O)cc2)ccc2ccccc12. The van der Waals surface area contributed by atoms with Gasteiger partial charge in [0.05, 0.1) is 5.41 Å². The number of hydrogen-bond donors (Lipinski definition) is 2. The Labute approximate surface area is 326 Å². The molecule has 0 spiro atoms. The molecule has 0 aliphatic heterocycles. The van der Waals surface area contributed by atoms with Gasteiger partial charge in [-0.3, -0.25) is 0 Å². The standard InChI is InChI=1S/C50H42O6/c1-50(39-19-15-36(16-20-39)35-9-3-2-4-10-35,48-44-13-7-5-11-37(44)17-29-46(48)55-33-31-53-42-25-21-40(51)22-26-42)49-45-14-8-6-12-38(45)18-30-47(49)56-34-32-54-43-27-23-41(52)24-28-43/h2-30,51-52H,31-34H2,1H3. The third kappa shape index (κ3) is 7.55. The van der Waals surface area contributed by atoms with Gasteiger partial charge in [0.1, 0.15) is 60.9 Å². The number of phenols is 2. The third-order valence-corrected chi connectivity index (χ3v) is 10.2. The second-order valence-corrected chi connectivity index (χ2v) is 13.8. The molecule has 0 saturated heterocycles. The van der Waals surface area contributed by atoms with Crippen molar-refractivity contribution in [3.63, 3.8) is 0 Å². The van der Waals surface area contributed by atoms with E-state index in [1.54, 1.807) is 48.5 Å². The molecule has 6 nitrogen and oxygen atoms in total. The summed E-state index contributed by atoms with van der Waals surface area (Å²) in [6, 6.07) is 57.8. The zero-order valence-electron chi connectivity index (χ0n) is 31.1. The van der Waals surface area contributed by atoms with Gasteiger partial charge < -0.3 is 29.2 Å². The Morgan fingerprint density at radius 2 is 0.804 bits per heavy atom. The smallest absolute Gasteiger partial charge is 0.124 e. The Bertz CT molecular complexity index is 2410. The highest BCUT2D eigenvalue weighted by Crippen LogP contribution is 2.51. The van der Waals surface area contributed by atoms with Crippen molar-refractivity contribution < 1.29 is 29.2 Å². The van der Waals surface area contributed by atoms with Crippen LogP contribution in [-0.4, -0.2) is 36.6 Å². The molecule has 0 heterocycles. The van der Waals surface area contributed by atoms with Crippen LogP contribution in [0.2, 0.25) is 0 Å². The average molecular weight is 739 g/mol. The van der Waals surface area contributed by atoms with Gasteiger partial charge in [0, 0.05) is 11.1 Å². The molecular formula is C50H42O6. The first-order chi connectivity index (χ1) is 27.5. The molecule has 0 bridgehead atoms. The van der Waals surface area contributed by atoms with E-state index in [-0.39, 0.29) is 11.5 Å². The molecule has 6 heteroatoms. The van der Waals surface area contributed by atoms with Crippen molar-refractivity contribution >= 4 is 21.5 Å². The molecule has 56 heavy (non-hydrogen) atoms. The zero-order chi connectivity index (χ0) is 38.3. The number of phenolic OH excluding ortho intramolecular Hbond substituents is 2. The first kappa shape index (κ1) is 36.1. The van der Waals surface area contributed by atoms with Crippen LogP contribution in [0.3, 0.4) is 0 Å². The molecule has 0 unspecified atom stereocenters. The first-order valence-corrected chi connectivity index (χ1v) is 18.8. The van der Waals surface area contributed by atoms with E-state index in [0.29, 0.717) is 37.9 Å². The van der Waals surface area contributed by atoms with Crippen LogP contribution in [0.5, 0.6) is 34.5 Å². The molecular weight excluding hydrogens is 697 g/mol. The number of benzene rings is 8. The van der Waals surface area contributed by atoms with E-state index in [0.717, 1.165) is 60.9 Å². The van der Waals surface area contributed by atoms with Crippen LogP contribution >= 0.6 is 0 Å². The van der Waals surface area contributed by atoms with Gasteiger partial charge in [-0.05, 0) is 106 Å². The van der Waals surface area contributed by atoms with Gasteiger partial charge in [-0.15, -0.1) is 0 Å². The maximum Gasteiger partial charge on any atom is 0.124 e. The zero-order valence-corrected chi connectivity index (χ0v) is 31.1. The number of rotatable bonds is 14. The van der Waals surface area contributed by atoms with Crippen LogP contribution in [-0.2, 0) is 5.41 Å².